The Morgan fingerprint density at radius 3 is 2.62 bits per heavy atom. The molecule has 0 bridgehead atoms. The molecule has 1 saturated heterocycles. The minimum Gasteiger partial charge on any atom is -0.393 e. The number of aliphatic hydroxyl groups is 2. The molecule has 0 aromatic rings. The molecule has 11 unspecified atom stereocenters. The number of hydrogen-bond acceptors (Lipinski definition) is 4. The Balaban J connectivity index is 1.12. The van der Waals surface area contributed by atoms with E-state index in [1.54, 1.807) is 5.57 Å². The fraction of sp³-hybridized carbons (Fsp3) is 0.939. The van der Waals surface area contributed by atoms with Crippen LogP contribution in [0.5, 0.6) is 0 Å². The van der Waals surface area contributed by atoms with Crippen LogP contribution < -0.4 is 5.32 Å². The fourth-order valence-electron chi connectivity index (χ4n) is 10.9. The number of fused-ring (bicyclic) bond motifs is 3. The summed E-state index contributed by atoms with van der Waals surface area (Å²) in [6, 6.07) is 0. The van der Waals surface area contributed by atoms with Gasteiger partial charge in [0.1, 0.15) is 0 Å². The van der Waals surface area contributed by atoms with Crippen LogP contribution in [-0.2, 0) is 4.74 Å². The predicted octanol–water partition coefficient (Wildman–Crippen LogP) is 6.39. The van der Waals surface area contributed by atoms with Gasteiger partial charge >= 0.3 is 0 Å². The van der Waals surface area contributed by atoms with Crippen LogP contribution in [0.2, 0.25) is 0 Å². The monoisotopic (exact) mass is 513 g/mol. The lowest BCUT2D eigenvalue weighted by Gasteiger charge is -2.58. The first-order valence-corrected chi connectivity index (χ1v) is 16.0. The summed E-state index contributed by atoms with van der Waals surface area (Å²) in [5.41, 5.74) is 1.72. The molecule has 1 aliphatic heterocycles. The largest absolute Gasteiger partial charge is 0.393 e. The molecular weight excluding hydrogens is 458 g/mol. The van der Waals surface area contributed by atoms with Crippen molar-refractivity contribution in [3.63, 3.8) is 0 Å². The quantitative estimate of drug-likeness (QED) is 0.284. The molecule has 210 valence electrons. The van der Waals surface area contributed by atoms with Crippen LogP contribution >= 0.6 is 0 Å². The summed E-state index contributed by atoms with van der Waals surface area (Å²) in [6.45, 7) is 11.0. The molecule has 0 radical (unpaired) electrons. The molecule has 11 atom stereocenters. The van der Waals surface area contributed by atoms with Crippen molar-refractivity contribution in [2.45, 2.75) is 140 Å². The maximum atomic E-state index is 11.1. The normalized spacial score (nSPS) is 53.6. The summed E-state index contributed by atoms with van der Waals surface area (Å²) in [6.07, 6.45) is 18.4. The Morgan fingerprint density at radius 2 is 1.84 bits per heavy atom. The zero-order valence-corrected chi connectivity index (χ0v) is 24.1. The zero-order chi connectivity index (χ0) is 26.1. The lowest BCUT2D eigenvalue weighted by molar-refractivity contribution is -0.0693. The van der Waals surface area contributed by atoms with E-state index in [-0.39, 0.29) is 17.1 Å². The van der Waals surface area contributed by atoms with Crippen LogP contribution in [0.1, 0.15) is 117 Å². The van der Waals surface area contributed by atoms with E-state index in [4.69, 9.17) is 11.3 Å². The van der Waals surface area contributed by atoms with Crippen molar-refractivity contribution in [3.05, 3.63) is 12.2 Å². The van der Waals surface area contributed by atoms with Gasteiger partial charge in [0.2, 0.25) is 0 Å². The number of ether oxygens (including phenoxy) is 1. The molecule has 6 aliphatic rings. The maximum Gasteiger partial charge on any atom is 0.0930 e. The average molecular weight is 514 g/mol. The van der Waals surface area contributed by atoms with Crippen LogP contribution in [0, 0.1) is 40.4 Å². The molecule has 0 amide bonds. The molecule has 1 heterocycles. The van der Waals surface area contributed by atoms with Gasteiger partial charge in [0.25, 0.3) is 0 Å². The highest BCUT2D eigenvalue weighted by atomic mass is 16.6. The van der Waals surface area contributed by atoms with Crippen LogP contribution in [0.4, 0.5) is 0 Å². The molecule has 1 spiro atoms. The molecule has 4 heteroatoms. The van der Waals surface area contributed by atoms with E-state index in [2.05, 4.69) is 26.2 Å². The van der Waals surface area contributed by atoms with Gasteiger partial charge in [-0.1, -0.05) is 19.1 Å². The predicted molar refractivity (Wildman–Crippen MR) is 149 cm³/mol. The van der Waals surface area contributed by atoms with Gasteiger partial charge in [-0.2, -0.15) is 0 Å². The Hall–Kier alpha value is -0.420. The second-order valence-corrected chi connectivity index (χ2v) is 15.5. The third-order valence-electron chi connectivity index (χ3n) is 13.0. The molecule has 0 aromatic carbocycles. The number of epoxide rings is 1. The van der Waals surface area contributed by atoms with Crippen molar-refractivity contribution in [2.75, 3.05) is 13.6 Å². The Bertz CT molecular complexity index is 876. The molecule has 4 nitrogen and oxygen atoms in total. The van der Waals surface area contributed by atoms with E-state index >= 15 is 0 Å². The SMILES string of the molecule is C=C1CC2(CCC(CCC3(O)CCCC(O)C3)C2)C2OC2(C)CCC2C1CC2(C)C1CCC(CNC)C1. The third-order valence-corrected chi connectivity index (χ3v) is 13.0. The van der Waals surface area contributed by atoms with Gasteiger partial charge in [0.15, 0.2) is 0 Å². The first-order valence-electron chi connectivity index (χ1n) is 16.0. The highest BCUT2D eigenvalue weighted by Crippen LogP contribution is 2.69. The number of allylic oxidation sites excluding steroid dienone is 1. The summed E-state index contributed by atoms with van der Waals surface area (Å²) >= 11 is 0. The van der Waals surface area contributed by atoms with E-state index < -0.39 is 5.60 Å². The highest BCUT2D eigenvalue weighted by molar-refractivity contribution is 5.23. The van der Waals surface area contributed by atoms with Crippen molar-refractivity contribution in [1.29, 1.82) is 0 Å². The molecule has 6 fully saturated rings. The van der Waals surface area contributed by atoms with E-state index in [0.29, 0.717) is 23.9 Å². The Labute approximate surface area is 226 Å². The first-order chi connectivity index (χ1) is 17.6. The molecule has 6 rings (SSSR count). The highest BCUT2D eigenvalue weighted by Gasteiger charge is 2.66. The third kappa shape index (κ3) is 4.78. The Morgan fingerprint density at radius 1 is 1.00 bits per heavy atom. The number of aliphatic hydroxyl groups excluding tert-OH is 1. The molecular formula is C33H55NO3. The van der Waals surface area contributed by atoms with Gasteiger partial charge < -0.3 is 20.3 Å². The van der Waals surface area contributed by atoms with Crippen molar-refractivity contribution < 1.29 is 14.9 Å². The lowest BCUT2D eigenvalue weighted by atomic mass is 9.46. The number of nitrogens with one attached hydrogen (secondary N) is 1. The van der Waals surface area contributed by atoms with Gasteiger partial charge in [-0.3, -0.25) is 0 Å². The van der Waals surface area contributed by atoms with Crippen molar-refractivity contribution >= 4 is 0 Å². The van der Waals surface area contributed by atoms with Gasteiger partial charge in [0.05, 0.1) is 23.4 Å². The minimum atomic E-state index is -0.643. The molecule has 5 saturated carbocycles. The molecule has 0 aromatic heterocycles. The number of hydrogen-bond donors (Lipinski definition) is 3. The fourth-order valence-corrected chi connectivity index (χ4v) is 10.9. The number of rotatable bonds is 6. The molecule has 3 N–H and O–H groups in total. The van der Waals surface area contributed by atoms with Crippen LogP contribution in [0.25, 0.3) is 0 Å². The van der Waals surface area contributed by atoms with Gasteiger partial charge in [-0.25, -0.2) is 0 Å². The standard InChI is InChI=1S/C33H55NO3/c1-22-17-32(14-9-23(18-32)10-15-33(36)12-5-6-26(35)19-33)29-31(3,37-29)13-11-28-27(22)20-30(28,2)25-8-7-24(16-25)21-34-4/h23-29,34-36H,1,5-21H2,2-4H3. The van der Waals surface area contributed by atoms with Gasteiger partial charge in [-0.05, 0) is 152 Å². The lowest BCUT2D eigenvalue weighted by Crippen LogP contribution is -2.51. The average Bonchev–Trinajstić information content (AvgIpc) is 3.16. The topological polar surface area (TPSA) is 65.0 Å². The van der Waals surface area contributed by atoms with Crippen molar-refractivity contribution in [2.24, 2.45) is 40.4 Å². The summed E-state index contributed by atoms with van der Waals surface area (Å²) < 4.78 is 6.66. The summed E-state index contributed by atoms with van der Waals surface area (Å²) in [5.74, 6) is 3.94. The van der Waals surface area contributed by atoms with E-state index in [1.807, 2.05) is 0 Å². The molecule has 5 aliphatic carbocycles. The smallest absolute Gasteiger partial charge is 0.0930 e. The minimum absolute atomic E-state index is 0.0661. The molecule has 37 heavy (non-hydrogen) atoms. The Kier molecular flexibility index (Phi) is 6.95. The van der Waals surface area contributed by atoms with Gasteiger partial charge in [-0.15, -0.1) is 0 Å². The second-order valence-electron chi connectivity index (χ2n) is 15.5. The van der Waals surface area contributed by atoms with Crippen LogP contribution in [-0.4, -0.2) is 47.2 Å². The van der Waals surface area contributed by atoms with Crippen molar-refractivity contribution in [1.82, 2.24) is 5.32 Å². The first kappa shape index (κ1) is 26.8. The van der Waals surface area contributed by atoms with E-state index in [9.17, 15) is 10.2 Å². The maximum absolute atomic E-state index is 11.1. The van der Waals surface area contributed by atoms with Crippen LogP contribution in [0.3, 0.4) is 0 Å². The summed E-state index contributed by atoms with van der Waals surface area (Å²) in [7, 11) is 2.11. The van der Waals surface area contributed by atoms with E-state index in [0.717, 1.165) is 62.2 Å². The van der Waals surface area contributed by atoms with Gasteiger partial charge in [0, 0.05) is 11.8 Å². The second kappa shape index (κ2) is 9.60. The van der Waals surface area contributed by atoms with Crippen LogP contribution in [0.15, 0.2) is 12.2 Å². The summed E-state index contributed by atoms with van der Waals surface area (Å²) in [4.78, 5) is 0. The van der Waals surface area contributed by atoms with Crippen molar-refractivity contribution in [3.8, 4) is 0 Å². The summed E-state index contributed by atoms with van der Waals surface area (Å²) in [5, 5.41) is 24.7. The van der Waals surface area contributed by atoms with E-state index in [1.165, 1.54) is 64.3 Å². The zero-order valence-electron chi connectivity index (χ0n) is 24.1.